The first-order valence-electron chi connectivity index (χ1n) is 7.73. The molecule has 1 aliphatic rings. The van der Waals surface area contributed by atoms with Crippen molar-refractivity contribution in [3.8, 4) is 0 Å². The maximum atomic E-state index is 13.7. The largest absolute Gasteiger partial charge is 0.368 e. The first kappa shape index (κ1) is 17.2. The molecule has 0 N–H and O–H groups in total. The van der Waals surface area contributed by atoms with Crippen LogP contribution in [0.25, 0.3) is 0 Å². The molecule has 0 radical (unpaired) electrons. The van der Waals surface area contributed by atoms with Crippen molar-refractivity contribution in [3.63, 3.8) is 0 Å². The number of anilines is 1. The van der Waals surface area contributed by atoms with Crippen molar-refractivity contribution in [2.75, 3.05) is 31.1 Å². The normalized spacial score (nSPS) is 16.7. The third-order valence-corrected chi connectivity index (χ3v) is 4.00. The van der Waals surface area contributed by atoms with Crippen LogP contribution in [-0.2, 0) is 4.79 Å². The van der Waals surface area contributed by atoms with Crippen LogP contribution in [0.1, 0.15) is 19.4 Å². The number of hydrogen-bond donors (Lipinski definition) is 0. The molecule has 0 saturated carbocycles. The van der Waals surface area contributed by atoms with Crippen molar-refractivity contribution in [3.05, 3.63) is 53.1 Å². The Morgan fingerprint density at radius 2 is 1.87 bits per heavy atom. The molecular weight excluding hydrogens is 298 g/mol. The van der Waals surface area contributed by atoms with E-state index in [9.17, 15) is 13.6 Å². The first-order valence-corrected chi connectivity index (χ1v) is 7.73. The lowest BCUT2D eigenvalue weighted by atomic mass is 10.1. The van der Waals surface area contributed by atoms with E-state index in [0.29, 0.717) is 37.3 Å². The van der Waals surface area contributed by atoms with Crippen LogP contribution in [0.3, 0.4) is 0 Å². The topological polar surface area (TPSA) is 23.6 Å². The van der Waals surface area contributed by atoms with Crippen molar-refractivity contribution in [2.45, 2.75) is 20.8 Å². The summed E-state index contributed by atoms with van der Waals surface area (Å²) >= 11 is 0. The summed E-state index contributed by atoms with van der Waals surface area (Å²) in [5.74, 6) is -0.778. The number of aryl methyl sites for hydroxylation is 1. The Bertz CT molecular complexity index is 640. The van der Waals surface area contributed by atoms with Gasteiger partial charge in [0.15, 0.2) is 0 Å². The van der Waals surface area contributed by atoms with Gasteiger partial charge in [0.2, 0.25) is 0 Å². The molecule has 1 aromatic carbocycles. The van der Waals surface area contributed by atoms with Crippen molar-refractivity contribution >= 4 is 11.6 Å². The fraction of sp³-hybridized carbons (Fsp3) is 0.389. The van der Waals surface area contributed by atoms with E-state index < -0.39 is 0 Å². The lowest BCUT2D eigenvalue weighted by molar-refractivity contribution is -0.127. The summed E-state index contributed by atoms with van der Waals surface area (Å²) in [4.78, 5) is 16.1. The van der Waals surface area contributed by atoms with Gasteiger partial charge in [-0.1, -0.05) is 12.1 Å². The van der Waals surface area contributed by atoms with Gasteiger partial charge in [0.25, 0.3) is 5.91 Å². The molecule has 3 nitrogen and oxygen atoms in total. The van der Waals surface area contributed by atoms with Crippen molar-refractivity contribution < 1.29 is 13.6 Å². The maximum Gasteiger partial charge on any atom is 0.253 e. The molecule has 2 rings (SSSR count). The number of rotatable bonds is 3. The number of nitrogens with zero attached hydrogens (tertiary/aromatic N) is 2. The highest BCUT2D eigenvalue weighted by atomic mass is 19.1. The second kappa shape index (κ2) is 7.40. The Morgan fingerprint density at radius 3 is 2.39 bits per heavy atom. The smallest absolute Gasteiger partial charge is 0.253 e. The minimum absolute atomic E-state index is 0.167. The van der Waals surface area contributed by atoms with Crippen molar-refractivity contribution in [1.29, 1.82) is 0 Å². The number of benzene rings is 1. The van der Waals surface area contributed by atoms with Gasteiger partial charge in [-0.25, -0.2) is 8.78 Å². The van der Waals surface area contributed by atoms with Gasteiger partial charge in [-0.05, 0) is 44.5 Å². The number of amides is 1. The van der Waals surface area contributed by atoms with Crippen LogP contribution in [0.4, 0.5) is 14.5 Å². The Balaban J connectivity index is 2.02. The monoisotopic (exact) mass is 320 g/mol. The van der Waals surface area contributed by atoms with Gasteiger partial charge in [-0.2, -0.15) is 0 Å². The molecule has 124 valence electrons. The Labute approximate surface area is 135 Å². The van der Waals surface area contributed by atoms with Gasteiger partial charge in [-0.3, -0.25) is 4.79 Å². The number of piperazine rings is 1. The van der Waals surface area contributed by atoms with Gasteiger partial charge in [0.1, 0.15) is 5.82 Å². The zero-order valence-corrected chi connectivity index (χ0v) is 13.8. The summed E-state index contributed by atoms with van der Waals surface area (Å²) in [6.07, 6.45) is 2.87. The molecule has 1 aromatic rings. The molecule has 23 heavy (non-hydrogen) atoms. The van der Waals surface area contributed by atoms with E-state index in [1.807, 2.05) is 6.07 Å². The second-order valence-electron chi connectivity index (χ2n) is 5.69. The van der Waals surface area contributed by atoms with Gasteiger partial charge < -0.3 is 9.80 Å². The summed E-state index contributed by atoms with van der Waals surface area (Å²) in [6.45, 7) is 7.09. The van der Waals surface area contributed by atoms with Crippen LogP contribution in [0.5, 0.6) is 0 Å². The van der Waals surface area contributed by atoms with Crippen molar-refractivity contribution in [1.82, 2.24) is 4.90 Å². The van der Waals surface area contributed by atoms with Crippen LogP contribution in [-0.4, -0.2) is 37.0 Å². The quantitative estimate of drug-likeness (QED) is 0.627. The SMILES string of the molecule is C/C=C(\C=C(/C)F)C(=O)N1CCN(c2ccc(C)c(F)c2)CC1. The predicted molar refractivity (Wildman–Crippen MR) is 88.6 cm³/mol. The molecule has 0 spiro atoms. The Morgan fingerprint density at radius 1 is 1.22 bits per heavy atom. The molecular formula is C18H22F2N2O. The third kappa shape index (κ3) is 4.18. The van der Waals surface area contributed by atoms with Crippen LogP contribution < -0.4 is 4.90 Å². The second-order valence-corrected chi connectivity index (χ2v) is 5.69. The van der Waals surface area contributed by atoms with E-state index >= 15 is 0 Å². The van der Waals surface area contributed by atoms with E-state index in [0.717, 1.165) is 5.69 Å². The van der Waals surface area contributed by atoms with Gasteiger partial charge in [-0.15, -0.1) is 0 Å². The van der Waals surface area contributed by atoms with Gasteiger partial charge in [0.05, 0.1) is 5.83 Å². The fourth-order valence-corrected chi connectivity index (χ4v) is 2.61. The summed E-state index contributed by atoms with van der Waals surface area (Å²) in [7, 11) is 0. The molecule has 1 saturated heterocycles. The molecule has 1 heterocycles. The number of carbonyl (C=O) groups excluding carboxylic acids is 1. The van der Waals surface area contributed by atoms with E-state index in [2.05, 4.69) is 4.90 Å². The van der Waals surface area contributed by atoms with Crippen LogP contribution in [0, 0.1) is 12.7 Å². The van der Waals surface area contributed by atoms with E-state index in [4.69, 9.17) is 0 Å². The van der Waals surface area contributed by atoms with Crippen molar-refractivity contribution in [2.24, 2.45) is 0 Å². The zero-order valence-electron chi connectivity index (χ0n) is 13.8. The minimum atomic E-state index is -0.389. The summed E-state index contributed by atoms with van der Waals surface area (Å²) in [5.41, 5.74) is 1.81. The van der Waals surface area contributed by atoms with Crippen LogP contribution in [0.15, 0.2) is 41.8 Å². The number of carbonyl (C=O) groups is 1. The minimum Gasteiger partial charge on any atom is -0.368 e. The first-order chi connectivity index (χ1) is 10.9. The van der Waals surface area contributed by atoms with E-state index in [-0.39, 0.29) is 17.6 Å². The molecule has 0 atom stereocenters. The molecule has 1 fully saturated rings. The standard InChI is InChI=1S/C18H22F2N2O/c1-4-15(11-14(3)19)18(23)22-9-7-21(8-10-22)16-6-5-13(2)17(20)12-16/h4-6,11-12H,7-10H2,1-3H3/b14-11+,15-4+. The summed E-state index contributed by atoms with van der Waals surface area (Å²) < 4.78 is 26.7. The number of halogens is 2. The lowest BCUT2D eigenvalue weighted by Gasteiger charge is -2.36. The molecule has 0 aliphatic carbocycles. The highest BCUT2D eigenvalue weighted by Gasteiger charge is 2.23. The summed E-state index contributed by atoms with van der Waals surface area (Å²) in [5, 5.41) is 0. The van der Waals surface area contributed by atoms with E-state index in [1.54, 1.807) is 30.9 Å². The maximum absolute atomic E-state index is 13.7. The van der Waals surface area contributed by atoms with Gasteiger partial charge in [0, 0.05) is 37.4 Å². The van der Waals surface area contributed by atoms with Crippen LogP contribution >= 0.6 is 0 Å². The summed E-state index contributed by atoms with van der Waals surface area (Å²) in [6, 6.07) is 5.18. The molecule has 1 amide bonds. The molecule has 5 heteroatoms. The average Bonchev–Trinajstić information content (AvgIpc) is 2.54. The van der Waals surface area contributed by atoms with Crippen LogP contribution in [0.2, 0.25) is 0 Å². The Hall–Kier alpha value is -2.17. The molecule has 0 bridgehead atoms. The predicted octanol–water partition coefficient (Wildman–Crippen LogP) is 3.60. The highest BCUT2D eigenvalue weighted by Crippen LogP contribution is 2.20. The molecule has 1 aliphatic heterocycles. The fourth-order valence-electron chi connectivity index (χ4n) is 2.61. The number of hydrogen-bond acceptors (Lipinski definition) is 2. The number of allylic oxidation sites excluding steroid dienone is 2. The van der Waals surface area contributed by atoms with E-state index in [1.165, 1.54) is 19.1 Å². The lowest BCUT2D eigenvalue weighted by Crippen LogP contribution is -2.49. The van der Waals surface area contributed by atoms with Gasteiger partial charge >= 0.3 is 0 Å². The average molecular weight is 320 g/mol. The highest BCUT2D eigenvalue weighted by molar-refractivity contribution is 5.96. The Kier molecular flexibility index (Phi) is 5.53. The third-order valence-electron chi connectivity index (χ3n) is 4.00. The zero-order chi connectivity index (χ0) is 17.0. The molecule has 0 aromatic heterocycles. The molecule has 0 unspecified atom stereocenters.